The van der Waals surface area contributed by atoms with Crippen LogP contribution in [-0.2, 0) is 14.3 Å². The Kier molecular flexibility index (Phi) is 4.65. The van der Waals surface area contributed by atoms with Crippen molar-refractivity contribution in [1.82, 2.24) is 0 Å². The van der Waals surface area contributed by atoms with Crippen LogP contribution in [0.4, 0.5) is 0 Å². The zero-order valence-electron chi connectivity index (χ0n) is 14.4. The van der Waals surface area contributed by atoms with Crippen LogP contribution in [-0.4, -0.2) is 18.9 Å². The molecular formula is C19H28O3. The van der Waals surface area contributed by atoms with Gasteiger partial charge in [0.1, 0.15) is 0 Å². The van der Waals surface area contributed by atoms with Crippen molar-refractivity contribution in [3.8, 4) is 0 Å². The number of fused-ring (bicyclic) bond motifs is 1. The van der Waals surface area contributed by atoms with Crippen LogP contribution in [0.1, 0.15) is 53.4 Å². The lowest BCUT2D eigenvalue weighted by molar-refractivity contribution is -0.138. The van der Waals surface area contributed by atoms with Gasteiger partial charge in [0.25, 0.3) is 0 Å². The maximum Gasteiger partial charge on any atom is 0.334 e. The molecule has 0 unspecified atom stereocenters. The molecule has 0 bridgehead atoms. The van der Waals surface area contributed by atoms with Gasteiger partial charge in [0.2, 0.25) is 0 Å². The molecule has 1 fully saturated rings. The molecule has 22 heavy (non-hydrogen) atoms. The highest BCUT2D eigenvalue weighted by Crippen LogP contribution is 2.60. The van der Waals surface area contributed by atoms with Crippen molar-refractivity contribution in [1.29, 1.82) is 0 Å². The summed E-state index contributed by atoms with van der Waals surface area (Å²) in [7, 11) is 1.42. The molecule has 122 valence electrons. The zero-order valence-corrected chi connectivity index (χ0v) is 14.4. The number of methoxy groups -OCH3 is 1. The van der Waals surface area contributed by atoms with Crippen molar-refractivity contribution in [3.05, 3.63) is 23.8 Å². The molecule has 0 aromatic rings. The minimum absolute atomic E-state index is 0.00593. The van der Waals surface area contributed by atoms with Gasteiger partial charge in [-0.05, 0) is 49.0 Å². The number of ketones is 1. The second kappa shape index (κ2) is 6.02. The Balaban J connectivity index is 2.49. The smallest absolute Gasteiger partial charge is 0.334 e. The van der Waals surface area contributed by atoms with E-state index < -0.39 is 0 Å². The summed E-state index contributed by atoms with van der Waals surface area (Å²) in [6.07, 6.45) is 9.97. The largest absolute Gasteiger partial charge is 0.466 e. The highest BCUT2D eigenvalue weighted by molar-refractivity contribution is 5.91. The van der Waals surface area contributed by atoms with E-state index in [1.807, 2.05) is 12.2 Å². The molecule has 0 amide bonds. The van der Waals surface area contributed by atoms with Gasteiger partial charge in [-0.1, -0.05) is 39.3 Å². The first-order valence-corrected chi connectivity index (χ1v) is 8.19. The van der Waals surface area contributed by atoms with Crippen molar-refractivity contribution in [3.63, 3.8) is 0 Å². The molecule has 3 heteroatoms. The third-order valence-electron chi connectivity index (χ3n) is 5.84. The third kappa shape index (κ3) is 2.90. The molecule has 1 saturated carbocycles. The summed E-state index contributed by atoms with van der Waals surface area (Å²) < 4.78 is 4.98. The van der Waals surface area contributed by atoms with Crippen molar-refractivity contribution in [2.24, 2.45) is 22.7 Å². The number of carbonyl (C=O) groups excluding carboxylic acids is 2. The Morgan fingerprint density at radius 3 is 2.55 bits per heavy atom. The fourth-order valence-corrected chi connectivity index (χ4v) is 4.74. The van der Waals surface area contributed by atoms with Crippen LogP contribution in [0, 0.1) is 22.7 Å². The van der Waals surface area contributed by atoms with E-state index in [1.54, 1.807) is 13.0 Å². The van der Waals surface area contributed by atoms with E-state index in [9.17, 15) is 9.59 Å². The fraction of sp³-hybridized carbons (Fsp3) is 0.684. The SMILES string of the molecule is COC(=O)C1=CC[C@H]2C(C)(C)CCC[C@]2(C)[C@H]1/C=C/C(C)=O. The fourth-order valence-electron chi connectivity index (χ4n) is 4.74. The molecule has 2 aliphatic rings. The van der Waals surface area contributed by atoms with Gasteiger partial charge in [-0.2, -0.15) is 0 Å². The Labute approximate surface area is 133 Å². The Morgan fingerprint density at radius 2 is 1.95 bits per heavy atom. The molecule has 0 spiro atoms. The van der Waals surface area contributed by atoms with Crippen LogP contribution in [0.15, 0.2) is 23.8 Å². The van der Waals surface area contributed by atoms with E-state index in [0.29, 0.717) is 5.92 Å². The molecule has 0 radical (unpaired) electrons. The molecule has 0 saturated heterocycles. The average molecular weight is 304 g/mol. The van der Waals surface area contributed by atoms with E-state index >= 15 is 0 Å². The molecule has 2 rings (SSSR count). The second-order valence-electron chi connectivity index (χ2n) is 7.73. The second-order valence-corrected chi connectivity index (χ2v) is 7.73. The molecular weight excluding hydrogens is 276 g/mol. The van der Waals surface area contributed by atoms with Gasteiger partial charge in [0.15, 0.2) is 5.78 Å². The van der Waals surface area contributed by atoms with E-state index in [2.05, 4.69) is 20.8 Å². The Morgan fingerprint density at radius 1 is 1.27 bits per heavy atom. The van der Waals surface area contributed by atoms with Crippen LogP contribution in [0.2, 0.25) is 0 Å². The van der Waals surface area contributed by atoms with Gasteiger partial charge in [0, 0.05) is 11.5 Å². The predicted molar refractivity (Wildman–Crippen MR) is 87.3 cm³/mol. The molecule has 0 N–H and O–H groups in total. The van der Waals surface area contributed by atoms with Gasteiger partial charge in [-0.25, -0.2) is 4.79 Å². The normalized spacial score (nSPS) is 34.0. The van der Waals surface area contributed by atoms with E-state index in [0.717, 1.165) is 18.4 Å². The monoisotopic (exact) mass is 304 g/mol. The average Bonchev–Trinajstić information content (AvgIpc) is 2.43. The molecule has 0 aromatic heterocycles. The van der Waals surface area contributed by atoms with Crippen LogP contribution in [0.25, 0.3) is 0 Å². The lowest BCUT2D eigenvalue weighted by Crippen LogP contribution is -2.49. The molecule has 2 aliphatic carbocycles. The van der Waals surface area contributed by atoms with Crippen LogP contribution >= 0.6 is 0 Å². The van der Waals surface area contributed by atoms with Crippen LogP contribution in [0.5, 0.6) is 0 Å². The summed E-state index contributed by atoms with van der Waals surface area (Å²) in [5, 5.41) is 0. The van der Waals surface area contributed by atoms with Gasteiger partial charge >= 0.3 is 5.97 Å². The summed E-state index contributed by atoms with van der Waals surface area (Å²) in [5.41, 5.74) is 0.982. The molecule has 3 nitrogen and oxygen atoms in total. The highest BCUT2D eigenvalue weighted by atomic mass is 16.5. The number of esters is 1. The maximum atomic E-state index is 12.2. The quantitative estimate of drug-likeness (QED) is 0.583. The summed E-state index contributed by atoms with van der Waals surface area (Å²) in [6.45, 7) is 8.49. The summed E-state index contributed by atoms with van der Waals surface area (Å²) in [6, 6.07) is 0. The van der Waals surface area contributed by atoms with E-state index in [-0.39, 0.29) is 28.5 Å². The standard InChI is InChI=1S/C19H28O3/c1-13(20)7-9-15-14(17(21)22-5)8-10-16-18(2,3)11-6-12-19(15,16)4/h7-9,15-16H,6,10-12H2,1-5H3/b9-7+/t15-,16-,19+/m0/s1. The Hall–Kier alpha value is -1.38. The minimum Gasteiger partial charge on any atom is -0.466 e. The first-order chi connectivity index (χ1) is 10.2. The lowest BCUT2D eigenvalue weighted by atomic mass is 9.48. The number of rotatable bonds is 3. The summed E-state index contributed by atoms with van der Waals surface area (Å²) in [5.74, 6) is 0.234. The first-order valence-electron chi connectivity index (χ1n) is 8.19. The van der Waals surface area contributed by atoms with E-state index in [4.69, 9.17) is 4.74 Å². The topological polar surface area (TPSA) is 43.4 Å². The summed E-state index contributed by atoms with van der Waals surface area (Å²) in [4.78, 5) is 23.6. The predicted octanol–water partition coefficient (Wildman–Crippen LogP) is 4.08. The zero-order chi connectivity index (χ0) is 16.5. The molecule has 0 aromatic carbocycles. The van der Waals surface area contributed by atoms with Gasteiger partial charge in [-0.3, -0.25) is 4.79 Å². The van der Waals surface area contributed by atoms with Crippen molar-refractivity contribution in [2.45, 2.75) is 53.4 Å². The third-order valence-corrected chi connectivity index (χ3v) is 5.84. The van der Waals surface area contributed by atoms with Gasteiger partial charge in [0.05, 0.1) is 7.11 Å². The van der Waals surface area contributed by atoms with Crippen LogP contribution < -0.4 is 0 Å². The summed E-state index contributed by atoms with van der Waals surface area (Å²) >= 11 is 0. The number of ether oxygens (including phenoxy) is 1. The molecule has 3 atom stereocenters. The van der Waals surface area contributed by atoms with Crippen molar-refractivity contribution >= 4 is 11.8 Å². The van der Waals surface area contributed by atoms with Gasteiger partial charge in [-0.15, -0.1) is 0 Å². The minimum atomic E-state index is -0.263. The van der Waals surface area contributed by atoms with Gasteiger partial charge < -0.3 is 4.74 Å². The maximum absolute atomic E-state index is 12.2. The van der Waals surface area contributed by atoms with Crippen LogP contribution in [0.3, 0.4) is 0 Å². The highest BCUT2D eigenvalue weighted by Gasteiger charge is 2.52. The van der Waals surface area contributed by atoms with E-state index in [1.165, 1.54) is 20.0 Å². The number of carbonyl (C=O) groups is 2. The number of hydrogen-bond acceptors (Lipinski definition) is 3. The lowest BCUT2D eigenvalue weighted by Gasteiger charge is -2.56. The van der Waals surface area contributed by atoms with Crippen molar-refractivity contribution in [2.75, 3.05) is 7.11 Å². The molecule has 0 aliphatic heterocycles. The molecule has 0 heterocycles. The van der Waals surface area contributed by atoms with Crippen molar-refractivity contribution < 1.29 is 14.3 Å². The Bertz CT molecular complexity index is 527. The first kappa shape index (κ1) is 17.0. The number of allylic oxidation sites excluding steroid dienone is 3. The number of hydrogen-bond donors (Lipinski definition) is 0.